The number of aromatic nitrogens is 2. The minimum absolute atomic E-state index is 0.201. The molecule has 0 aromatic carbocycles. The fraction of sp³-hybridized carbons (Fsp3) is 0.556. The molecule has 0 aliphatic heterocycles. The first kappa shape index (κ1) is 14.6. The fourth-order valence-electron chi connectivity index (χ4n) is 1.35. The zero-order valence-corrected chi connectivity index (χ0v) is 10.8. The van der Waals surface area contributed by atoms with Crippen molar-refractivity contribution in [3.63, 3.8) is 0 Å². The zero-order chi connectivity index (χ0) is 13.8. The van der Waals surface area contributed by atoms with Crippen LogP contribution in [0.2, 0.25) is 0 Å². The van der Waals surface area contributed by atoms with Crippen LogP contribution in [0.3, 0.4) is 0 Å². The molecular formula is C9H15N3O5S. The number of nitrogens with one attached hydrogen (secondary N) is 2. The third-order valence-electron chi connectivity index (χ3n) is 2.29. The Morgan fingerprint density at radius 2 is 2.33 bits per heavy atom. The number of carboxylic acid groups (broad SMARTS) is 1. The van der Waals surface area contributed by atoms with Gasteiger partial charge in [0.15, 0.2) is 5.03 Å². The molecule has 1 unspecified atom stereocenters. The zero-order valence-electron chi connectivity index (χ0n) is 10.0. The average Bonchev–Trinajstić information content (AvgIpc) is 2.77. The summed E-state index contributed by atoms with van der Waals surface area (Å²) in [4.78, 5) is 10.8. The molecule has 1 rings (SSSR count). The van der Waals surface area contributed by atoms with Gasteiger partial charge in [-0.3, -0.25) is 5.10 Å². The molecule has 0 bridgehead atoms. The second kappa shape index (κ2) is 5.94. The molecule has 3 N–H and O–H groups in total. The second-order valence-electron chi connectivity index (χ2n) is 3.60. The van der Waals surface area contributed by atoms with Gasteiger partial charge in [0.05, 0.1) is 12.8 Å². The van der Waals surface area contributed by atoms with E-state index in [4.69, 9.17) is 9.84 Å². The van der Waals surface area contributed by atoms with Crippen molar-refractivity contribution in [1.82, 2.24) is 14.9 Å². The Hall–Kier alpha value is -1.45. The van der Waals surface area contributed by atoms with Crippen LogP contribution in [0, 0.1) is 0 Å². The molecule has 1 aromatic heterocycles. The van der Waals surface area contributed by atoms with Crippen molar-refractivity contribution >= 4 is 16.0 Å². The Labute approximate surface area is 104 Å². The summed E-state index contributed by atoms with van der Waals surface area (Å²) in [6.07, 6.45) is 1.47. The Kier molecular flexibility index (Phi) is 4.82. The number of H-pyrrole nitrogens is 1. The van der Waals surface area contributed by atoms with Crippen LogP contribution in [0.15, 0.2) is 11.2 Å². The molecule has 0 aliphatic carbocycles. The first-order chi connectivity index (χ1) is 8.42. The molecule has 102 valence electrons. The van der Waals surface area contributed by atoms with Crippen molar-refractivity contribution in [3.8, 4) is 0 Å². The Balaban J connectivity index is 2.99. The monoisotopic (exact) mass is 277 g/mol. The SMILES string of the molecule is CCC(COC)NS(=O)(=O)c1[nH]ncc1C(=O)O. The number of hydrogen-bond acceptors (Lipinski definition) is 5. The molecule has 0 saturated carbocycles. The number of nitrogens with zero attached hydrogens (tertiary/aromatic N) is 1. The van der Waals surface area contributed by atoms with Crippen LogP contribution < -0.4 is 4.72 Å². The highest BCUT2D eigenvalue weighted by Gasteiger charge is 2.26. The molecule has 0 aliphatic rings. The van der Waals surface area contributed by atoms with Crippen molar-refractivity contribution in [2.24, 2.45) is 0 Å². The first-order valence-corrected chi connectivity index (χ1v) is 6.68. The third-order valence-corrected chi connectivity index (χ3v) is 3.78. The number of carbonyl (C=O) groups is 1. The number of ether oxygens (including phenoxy) is 1. The van der Waals surface area contributed by atoms with E-state index in [1.54, 1.807) is 6.92 Å². The van der Waals surface area contributed by atoms with E-state index in [9.17, 15) is 13.2 Å². The van der Waals surface area contributed by atoms with Gasteiger partial charge in [-0.05, 0) is 6.42 Å². The number of aromatic amines is 1. The molecule has 0 saturated heterocycles. The number of sulfonamides is 1. The highest BCUT2D eigenvalue weighted by molar-refractivity contribution is 7.89. The summed E-state index contributed by atoms with van der Waals surface area (Å²) in [5.74, 6) is -1.36. The van der Waals surface area contributed by atoms with Gasteiger partial charge in [0.2, 0.25) is 0 Å². The maximum absolute atomic E-state index is 12.0. The number of rotatable bonds is 7. The van der Waals surface area contributed by atoms with Gasteiger partial charge in [-0.1, -0.05) is 6.92 Å². The van der Waals surface area contributed by atoms with E-state index < -0.39 is 32.6 Å². The highest BCUT2D eigenvalue weighted by Crippen LogP contribution is 2.12. The van der Waals surface area contributed by atoms with Gasteiger partial charge in [0, 0.05) is 13.2 Å². The van der Waals surface area contributed by atoms with Crippen molar-refractivity contribution in [3.05, 3.63) is 11.8 Å². The topological polar surface area (TPSA) is 121 Å². The van der Waals surface area contributed by atoms with Gasteiger partial charge in [0.1, 0.15) is 5.56 Å². The second-order valence-corrected chi connectivity index (χ2v) is 5.25. The van der Waals surface area contributed by atoms with E-state index in [1.807, 2.05) is 0 Å². The average molecular weight is 277 g/mol. The van der Waals surface area contributed by atoms with Crippen LogP contribution in [-0.2, 0) is 14.8 Å². The summed E-state index contributed by atoms with van der Waals surface area (Å²) in [6.45, 7) is 1.99. The van der Waals surface area contributed by atoms with Gasteiger partial charge in [-0.25, -0.2) is 17.9 Å². The summed E-state index contributed by atoms with van der Waals surface area (Å²) in [5, 5.41) is 14.0. The summed E-state index contributed by atoms with van der Waals surface area (Å²) in [7, 11) is -2.50. The van der Waals surface area contributed by atoms with Crippen LogP contribution in [-0.4, -0.2) is 49.4 Å². The van der Waals surface area contributed by atoms with E-state index >= 15 is 0 Å². The molecule has 18 heavy (non-hydrogen) atoms. The predicted molar refractivity (Wildman–Crippen MR) is 61.8 cm³/mol. The standard InChI is InChI=1S/C9H15N3O5S/c1-3-6(5-17-2)12-18(15,16)8-7(9(13)14)4-10-11-8/h4,6,12H,3,5H2,1-2H3,(H,10,11)(H,13,14). The Morgan fingerprint density at radius 1 is 1.67 bits per heavy atom. The maximum Gasteiger partial charge on any atom is 0.340 e. The van der Waals surface area contributed by atoms with Crippen molar-refractivity contribution in [1.29, 1.82) is 0 Å². The van der Waals surface area contributed by atoms with E-state index in [1.165, 1.54) is 7.11 Å². The normalized spacial score (nSPS) is 13.4. The van der Waals surface area contributed by atoms with Crippen molar-refractivity contribution in [2.45, 2.75) is 24.4 Å². The first-order valence-electron chi connectivity index (χ1n) is 5.20. The van der Waals surface area contributed by atoms with Gasteiger partial charge in [-0.2, -0.15) is 5.10 Å². The Morgan fingerprint density at radius 3 is 2.83 bits per heavy atom. The lowest BCUT2D eigenvalue weighted by Gasteiger charge is -2.15. The molecule has 8 nitrogen and oxygen atoms in total. The van der Waals surface area contributed by atoms with Crippen LogP contribution >= 0.6 is 0 Å². The van der Waals surface area contributed by atoms with Crippen LogP contribution in [0.5, 0.6) is 0 Å². The molecule has 0 radical (unpaired) electrons. The van der Waals surface area contributed by atoms with Gasteiger partial charge in [0.25, 0.3) is 10.0 Å². The van der Waals surface area contributed by atoms with E-state index in [0.29, 0.717) is 6.42 Å². The number of hydrogen-bond donors (Lipinski definition) is 3. The molecule has 1 heterocycles. The quantitative estimate of drug-likeness (QED) is 0.635. The lowest BCUT2D eigenvalue weighted by atomic mass is 10.3. The minimum Gasteiger partial charge on any atom is -0.478 e. The maximum atomic E-state index is 12.0. The van der Waals surface area contributed by atoms with Gasteiger partial charge in [-0.15, -0.1) is 0 Å². The van der Waals surface area contributed by atoms with Crippen molar-refractivity contribution < 1.29 is 23.1 Å². The van der Waals surface area contributed by atoms with E-state index in [2.05, 4.69) is 14.9 Å². The summed E-state index contributed by atoms with van der Waals surface area (Å²) < 4.78 is 31.1. The highest BCUT2D eigenvalue weighted by atomic mass is 32.2. The fourth-order valence-corrected chi connectivity index (χ4v) is 2.74. The lowest BCUT2D eigenvalue weighted by molar-refractivity contribution is 0.0692. The van der Waals surface area contributed by atoms with Gasteiger partial charge < -0.3 is 9.84 Å². The third kappa shape index (κ3) is 3.28. The molecule has 1 aromatic rings. The molecular weight excluding hydrogens is 262 g/mol. The smallest absolute Gasteiger partial charge is 0.340 e. The lowest BCUT2D eigenvalue weighted by Crippen LogP contribution is -2.38. The Bertz CT molecular complexity index is 510. The molecule has 9 heteroatoms. The van der Waals surface area contributed by atoms with E-state index in [0.717, 1.165) is 6.20 Å². The summed E-state index contributed by atoms with van der Waals surface area (Å²) in [6, 6.07) is -0.426. The number of methoxy groups -OCH3 is 1. The summed E-state index contributed by atoms with van der Waals surface area (Å²) >= 11 is 0. The molecule has 1 atom stereocenters. The molecule has 0 spiro atoms. The molecule has 0 fully saturated rings. The molecule has 0 amide bonds. The van der Waals surface area contributed by atoms with Crippen LogP contribution in [0.4, 0.5) is 0 Å². The van der Waals surface area contributed by atoms with Crippen molar-refractivity contribution in [2.75, 3.05) is 13.7 Å². The minimum atomic E-state index is -3.96. The van der Waals surface area contributed by atoms with Crippen LogP contribution in [0.1, 0.15) is 23.7 Å². The number of aromatic carboxylic acids is 1. The largest absolute Gasteiger partial charge is 0.478 e. The van der Waals surface area contributed by atoms with Gasteiger partial charge >= 0.3 is 5.97 Å². The predicted octanol–water partition coefficient (Wildman–Crippen LogP) is -0.189. The summed E-state index contributed by atoms with van der Waals surface area (Å²) in [5.41, 5.74) is -0.394. The van der Waals surface area contributed by atoms with Crippen LogP contribution in [0.25, 0.3) is 0 Å². The van der Waals surface area contributed by atoms with E-state index in [-0.39, 0.29) is 6.61 Å². The number of carboxylic acids is 1.